The number of carbonyl (C=O) groups excluding carboxylic acids is 2. The topological polar surface area (TPSA) is 73.5 Å². The van der Waals surface area contributed by atoms with Gasteiger partial charge in [-0.15, -0.1) is 11.8 Å². The standard InChI is InChI=1S/C28H24F3N3O3S2/c1-33(2)13-9-7-12(8-10-13)18-19-14-11-15(22(19)38-24-23(18)39-27(37)32-24)21-20(14)25(35)34(26(21)36)17-6-4-3-5-16(17)28(29,30)31/h3-10,14-15,18-22H,11H2,1-2H3,(H,32,37)/t14-,15-,18?,19?,20?,21?,22?/m1/s1. The predicted octanol–water partition coefficient (Wildman–Crippen LogP) is 5.20. The first-order chi connectivity index (χ1) is 18.6. The van der Waals surface area contributed by atoms with Gasteiger partial charge in [-0.05, 0) is 54.0 Å². The quantitative estimate of drug-likeness (QED) is 0.438. The minimum absolute atomic E-state index is 0.0139. The van der Waals surface area contributed by atoms with E-state index in [0.717, 1.165) is 32.1 Å². The van der Waals surface area contributed by atoms with Gasteiger partial charge in [-0.25, -0.2) is 4.90 Å². The number of halogens is 3. The van der Waals surface area contributed by atoms with Crippen LogP contribution in [0.5, 0.6) is 0 Å². The highest BCUT2D eigenvalue weighted by Gasteiger charge is 2.70. The fraction of sp³-hybridized carbons (Fsp3) is 0.393. The number of hydrogen-bond donors (Lipinski definition) is 1. The van der Waals surface area contributed by atoms with Crippen molar-refractivity contribution in [1.29, 1.82) is 0 Å². The third-order valence-electron chi connectivity index (χ3n) is 8.94. The molecule has 1 aromatic heterocycles. The molecule has 1 saturated heterocycles. The maximum absolute atomic E-state index is 13.8. The Bertz CT molecular complexity index is 1560. The second kappa shape index (κ2) is 8.47. The zero-order valence-electron chi connectivity index (χ0n) is 20.9. The Kier molecular flexibility index (Phi) is 5.42. The highest BCUT2D eigenvalue weighted by Crippen LogP contribution is 2.68. The van der Waals surface area contributed by atoms with Crippen LogP contribution >= 0.6 is 23.1 Å². The molecule has 1 N–H and O–H groups in total. The van der Waals surface area contributed by atoms with Crippen LogP contribution in [0.1, 0.15) is 28.3 Å². The molecule has 39 heavy (non-hydrogen) atoms. The van der Waals surface area contributed by atoms with Gasteiger partial charge in [-0.3, -0.25) is 14.4 Å². The van der Waals surface area contributed by atoms with E-state index in [9.17, 15) is 27.6 Å². The lowest BCUT2D eigenvalue weighted by atomic mass is 9.68. The number of rotatable bonds is 3. The second-order valence-corrected chi connectivity index (χ2v) is 13.2. The molecular formula is C28H24F3N3O3S2. The van der Waals surface area contributed by atoms with Crippen LogP contribution in [-0.4, -0.2) is 36.1 Å². The Morgan fingerprint density at radius 2 is 1.62 bits per heavy atom. The first-order valence-corrected chi connectivity index (χ1v) is 14.5. The average molecular weight is 572 g/mol. The third-order valence-corrected chi connectivity index (χ3v) is 11.5. The number of thiazole rings is 1. The Morgan fingerprint density at radius 3 is 2.28 bits per heavy atom. The van der Waals surface area contributed by atoms with Crippen LogP contribution in [0, 0.1) is 29.6 Å². The number of carbonyl (C=O) groups is 2. The molecule has 202 valence electrons. The van der Waals surface area contributed by atoms with Gasteiger partial charge in [0.2, 0.25) is 11.8 Å². The summed E-state index contributed by atoms with van der Waals surface area (Å²) in [6.45, 7) is 0. The lowest BCUT2D eigenvalue weighted by Crippen LogP contribution is -2.42. The fourth-order valence-corrected chi connectivity index (χ4v) is 10.4. The molecule has 4 aliphatic rings. The summed E-state index contributed by atoms with van der Waals surface area (Å²) >= 11 is 2.74. The molecule has 3 fully saturated rings. The monoisotopic (exact) mass is 571 g/mol. The molecule has 0 radical (unpaired) electrons. The van der Waals surface area contributed by atoms with Crippen molar-refractivity contribution in [3.63, 3.8) is 0 Å². The number of anilines is 2. The third kappa shape index (κ3) is 3.51. The van der Waals surface area contributed by atoms with Crippen LogP contribution in [0.2, 0.25) is 0 Å². The van der Waals surface area contributed by atoms with E-state index in [-0.39, 0.29) is 39.5 Å². The molecule has 2 amide bonds. The Labute approximate surface area is 230 Å². The predicted molar refractivity (Wildman–Crippen MR) is 143 cm³/mol. The molecule has 2 saturated carbocycles. The van der Waals surface area contributed by atoms with E-state index in [1.807, 2.05) is 31.1 Å². The van der Waals surface area contributed by atoms with Gasteiger partial charge in [-0.1, -0.05) is 35.6 Å². The van der Waals surface area contributed by atoms with Crippen LogP contribution in [0.4, 0.5) is 24.5 Å². The Morgan fingerprint density at radius 1 is 0.949 bits per heavy atom. The second-order valence-electron chi connectivity index (χ2n) is 11.0. The number of alkyl halides is 3. The summed E-state index contributed by atoms with van der Waals surface area (Å²) in [5.74, 6) is -2.86. The minimum atomic E-state index is -4.69. The van der Waals surface area contributed by atoms with Gasteiger partial charge in [0.15, 0.2) is 0 Å². The maximum Gasteiger partial charge on any atom is 0.418 e. The zero-order valence-corrected chi connectivity index (χ0v) is 22.6. The number of aromatic amines is 1. The summed E-state index contributed by atoms with van der Waals surface area (Å²) in [7, 11) is 3.92. The van der Waals surface area contributed by atoms with E-state index >= 15 is 0 Å². The van der Waals surface area contributed by atoms with Gasteiger partial charge in [0, 0.05) is 35.8 Å². The van der Waals surface area contributed by atoms with Crippen LogP contribution < -0.4 is 14.7 Å². The fourth-order valence-electron chi connectivity index (χ4n) is 7.52. The molecular weight excluding hydrogens is 547 g/mol. The Balaban J connectivity index is 1.31. The normalized spacial score (nSPS) is 30.9. The molecule has 3 aromatic rings. The lowest BCUT2D eigenvalue weighted by Gasteiger charge is -2.43. The summed E-state index contributed by atoms with van der Waals surface area (Å²) in [5, 5.41) is 0.773. The number of thioether (sulfide) groups is 1. The number of hydrogen-bond acceptors (Lipinski definition) is 6. The summed E-state index contributed by atoms with van der Waals surface area (Å²) in [6, 6.07) is 13.0. The number of fused-ring (bicyclic) bond motifs is 9. The maximum atomic E-state index is 13.8. The molecule has 2 aliphatic carbocycles. The van der Waals surface area contributed by atoms with Gasteiger partial charge < -0.3 is 9.88 Å². The van der Waals surface area contributed by atoms with Crippen molar-refractivity contribution >= 4 is 46.3 Å². The summed E-state index contributed by atoms with van der Waals surface area (Å²) in [4.78, 5) is 46.5. The highest BCUT2D eigenvalue weighted by atomic mass is 32.2. The van der Waals surface area contributed by atoms with E-state index in [2.05, 4.69) is 17.1 Å². The van der Waals surface area contributed by atoms with Crippen molar-refractivity contribution in [3.05, 3.63) is 74.2 Å². The van der Waals surface area contributed by atoms with Gasteiger partial charge in [0.05, 0.1) is 28.1 Å². The lowest BCUT2D eigenvalue weighted by molar-refractivity contribution is -0.137. The number of aromatic nitrogens is 1. The van der Waals surface area contributed by atoms with Crippen molar-refractivity contribution in [2.75, 3.05) is 23.9 Å². The van der Waals surface area contributed by atoms with E-state index in [1.165, 1.54) is 29.5 Å². The number of imide groups is 1. The van der Waals surface area contributed by atoms with Crippen LogP contribution in [-0.2, 0) is 15.8 Å². The molecule has 2 bridgehead atoms. The number of H-pyrrole nitrogens is 1. The number of para-hydroxylation sites is 1. The smallest absolute Gasteiger partial charge is 0.378 e. The number of amides is 2. The van der Waals surface area contributed by atoms with Crippen molar-refractivity contribution in [2.24, 2.45) is 29.6 Å². The molecule has 5 unspecified atom stereocenters. The molecule has 2 aliphatic heterocycles. The van der Waals surface area contributed by atoms with E-state index < -0.39 is 35.4 Å². The van der Waals surface area contributed by atoms with Crippen molar-refractivity contribution in [3.8, 4) is 0 Å². The van der Waals surface area contributed by atoms with E-state index in [1.54, 1.807) is 11.8 Å². The van der Waals surface area contributed by atoms with Gasteiger partial charge in [0.1, 0.15) is 0 Å². The molecule has 6 nitrogen and oxygen atoms in total. The van der Waals surface area contributed by atoms with E-state index in [0.29, 0.717) is 6.42 Å². The molecule has 0 spiro atoms. The highest BCUT2D eigenvalue weighted by molar-refractivity contribution is 8.00. The molecule has 2 aromatic carbocycles. The van der Waals surface area contributed by atoms with Gasteiger partial charge in [-0.2, -0.15) is 13.2 Å². The van der Waals surface area contributed by atoms with Crippen LogP contribution in [0.3, 0.4) is 0 Å². The summed E-state index contributed by atoms with van der Waals surface area (Å²) < 4.78 is 41.5. The average Bonchev–Trinajstić information content (AvgIpc) is 3.62. The van der Waals surface area contributed by atoms with Crippen molar-refractivity contribution < 1.29 is 22.8 Å². The largest absolute Gasteiger partial charge is 0.418 e. The Hall–Kier alpha value is -3.05. The molecule has 3 heterocycles. The minimum Gasteiger partial charge on any atom is -0.378 e. The number of nitrogens with zero attached hydrogens (tertiary/aromatic N) is 2. The van der Waals surface area contributed by atoms with Crippen LogP contribution in [0.25, 0.3) is 0 Å². The number of benzene rings is 2. The van der Waals surface area contributed by atoms with Crippen molar-refractivity contribution in [2.45, 2.75) is 28.8 Å². The van der Waals surface area contributed by atoms with Gasteiger partial charge >= 0.3 is 11.0 Å². The first-order valence-electron chi connectivity index (χ1n) is 12.8. The van der Waals surface area contributed by atoms with Crippen LogP contribution in [0.15, 0.2) is 58.4 Å². The molecule has 11 heteroatoms. The first kappa shape index (κ1) is 25.0. The van der Waals surface area contributed by atoms with Gasteiger partial charge in [0.25, 0.3) is 0 Å². The molecule has 7 atom stereocenters. The zero-order chi connectivity index (χ0) is 27.4. The van der Waals surface area contributed by atoms with E-state index in [4.69, 9.17) is 0 Å². The number of nitrogens with one attached hydrogen (secondary N) is 1. The SMILES string of the molecule is CN(C)c1ccc(C2c3sc(=O)[nH]c3SC3C2[C@H]2C[C@@H]3C3C(=O)N(c4ccccc4C(F)(F)F)C(=O)C32)cc1. The summed E-state index contributed by atoms with van der Waals surface area (Å²) in [5.41, 5.74) is 0.701. The van der Waals surface area contributed by atoms with Crippen molar-refractivity contribution in [1.82, 2.24) is 4.98 Å². The molecule has 7 rings (SSSR count). The summed E-state index contributed by atoms with van der Waals surface area (Å²) in [6.07, 6.45) is -4.02.